The summed E-state index contributed by atoms with van der Waals surface area (Å²) < 4.78 is 0. The topological polar surface area (TPSA) is 0 Å². The first-order chi connectivity index (χ1) is 2.84. The molecule has 0 N–H and O–H groups in total. The summed E-state index contributed by atoms with van der Waals surface area (Å²) in [5.74, 6) is 1.81. The Morgan fingerprint density at radius 1 is 1.71 bits per heavy atom. The van der Waals surface area contributed by atoms with Gasteiger partial charge in [0.05, 0.1) is 0 Å². The zero-order valence-corrected chi connectivity index (χ0v) is 7.69. The normalized spacial score (nSPS) is 36.9. The summed E-state index contributed by atoms with van der Waals surface area (Å²) in [7, 11) is 0. The van der Waals surface area contributed by atoms with Gasteiger partial charge in [-0.3, -0.25) is 0 Å². The van der Waals surface area contributed by atoms with Crippen molar-refractivity contribution in [2.45, 2.75) is 19.8 Å². The molecular formula is C6H11Y-. The monoisotopic (exact) mass is 172 g/mol. The van der Waals surface area contributed by atoms with Gasteiger partial charge >= 0.3 is 0 Å². The zero-order valence-electron chi connectivity index (χ0n) is 4.85. The molecule has 0 aromatic heterocycles. The largest absolute Gasteiger partial charge is 0.340 e. The predicted molar refractivity (Wildman–Crippen MR) is 27.2 cm³/mol. The van der Waals surface area contributed by atoms with Gasteiger partial charge in [-0.05, 0) is 0 Å². The van der Waals surface area contributed by atoms with Crippen molar-refractivity contribution in [2.24, 2.45) is 11.8 Å². The molecule has 0 nitrogen and oxygen atoms in total. The third kappa shape index (κ3) is 2.23. The average Bonchev–Trinajstić information content (AvgIpc) is 2.19. The summed E-state index contributed by atoms with van der Waals surface area (Å²) in [6, 6.07) is 0. The molecule has 1 saturated carbocycles. The van der Waals surface area contributed by atoms with Gasteiger partial charge in [-0.1, -0.05) is 25.7 Å². The molecule has 1 aliphatic rings. The van der Waals surface area contributed by atoms with Crippen molar-refractivity contribution in [3.05, 3.63) is 6.92 Å². The maximum atomic E-state index is 3.90. The Labute approximate surface area is 70.9 Å². The molecule has 1 rings (SSSR count). The Hall–Kier alpha value is 1.10. The van der Waals surface area contributed by atoms with E-state index in [-0.39, 0.29) is 32.7 Å². The van der Waals surface area contributed by atoms with E-state index in [0.29, 0.717) is 0 Å². The third-order valence-electron chi connectivity index (χ3n) is 1.59. The second-order valence-electron chi connectivity index (χ2n) is 2.16. The smallest absolute Gasteiger partial charge is 0 e. The van der Waals surface area contributed by atoms with E-state index in [1.807, 2.05) is 0 Å². The van der Waals surface area contributed by atoms with E-state index in [1.165, 1.54) is 12.8 Å². The minimum absolute atomic E-state index is 0. The van der Waals surface area contributed by atoms with Gasteiger partial charge in [-0.15, -0.1) is 0 Å². The van der Waals surface area contributed by atoms with Gasteiger partial charge in [0.1, 0.15) is 0 Å². The zero-order chi connectivity index (χ0) is 4.57. The van der Waals surface area contributed by atoms with Crippen molar-refractivity contribution in [3.63, 3.8) is 0 Å². The van der Waals surface area contributed by atoms with Crippen molar-refractivity contribution in [1.82, 2.24) is 0 Å². The summed E-state index contributed by atoms with van der Waals surface area (Å²) in [5, 5.41) is 0. The van der Waals surface area contributed by atoms with Crippen LogP contribution in [-0.4, -0.2) is 0 Å². The van der Waals surface area contributed by atoms with Gasteiger partial charge in [-0.2, -0.15) is 5.92 Å². The van der Waals surface area contributed by atoms with E-state index in [4.69, 9.17) is 0 Å². The summed E-state index contributed by atoms with van der Waals surface area (Å²) in [6.45, 7) is 6.13. The minimum Gasteiger partial charge on any atom is -0.340 e. The molecule has 1 heteroatoms. The molecular weight excluding hydrogens is 161 g/mol. The van der Waals surface area contributed by atoms with Crippen molar-refractivity contribution in [3.8, 4) is 0 Å². The van der Waals surface area contributed by atoms with Crippen LogP contribution in [0.4, 0.5) is 0 Å². The Bertz CT molecular complexity index is 50.1. The fourth-order valence-electron chi connectivity index (χ4n) is 0.810. The maximum Gasteiger partial charge on any atom is 0 e. The second-order valence-corrected chi connectivity index (χ2v) is 2.16. The van der Waals surface area contributed by atoms with Gasteiger partial charge in [-0.25, -0.2) is 0 Å². The third-order valence-corrected chi connectivity index (χ3v) is 1.59. The number of hydrogen-bond donors (Lipinski definition) is 0. The molecule has 1 radical (unpaired) electrons. The standard InChI is InChI=1S/C6H11.Y/c1-3-6-4-5(6)2;/h5-6H,2-4H2,1H3;/q-1;. The van der Waals surface area contributed by atoms with Crippen LogP contribution in [0.15, 0.2) is 0 Å². The molecule has 0 aromatic carbocycles. The van der Waals surface area contributed by atoms with Crippen LogP contribution in [0.5, 0.6) is 0 Å². The molecule has 39 valence electrons. The minimum atomic E-state index is 0. The Kier molecular flexibility index (Phi) is 3.70. The summed E-state index contributed by atoms with van der Waals surface area (Å²) >= 11 is 0. The van der Waals surface area contributed by atoms with E-state index >= 15 is 0 Å². The van der Waals surface area contributed by atoms with Crippen molar-refractivity contribution < 1.29 is 32.7 Å². The molecule has 2 unspecified atom stereocenters. The van der Waals surface area contributed by atoms with Crippen molar-refractivity contribution in [2.75, 3.05) is 0 Å². The van der Waals surface area contributed by atoms with Gasteiger partial charge in [0.25, 0.3) is 0 Å². The van der Waals surface area contributed by atoms with Crippen LogP contribution in [0.25, 0.3) is 0 Å². The fourth-order valence-corrected chi connectivity index (χ4v) is 0.810. The number of rotatable bonds is 1. The van der Waals surface area contributed by atoms with Crippen molar-refractivity contribution >= 4 is 0 Å². The summed E-state index contributed by atoms with van der Waals surface area (Å²) in [4.78, 5) is 0. The molecule has 0 aromatic rings. The fraction of sp³-hybridized carbons (Fsp3) is 0.833. The van der Waals surface area contributed by atoms with Gasteiger partial charge < -0.3 is 6.92 Å². The van der Waals surface area contributed by atoms with E-state index in [2.05, 4.69) is 13.8 Å². The predicted octanol–water partition coefficient (Wildman–Crippen LogP) is 1.86. The first-order valence-electron chi connectivity index (χ1n) is 2.67. The average molecular weight is 172 g/mol. The van der Waals surface area contributed by atoms with E-state index in [1.54, 1.807) is 0 Å². The Morgan fingerprint density at radius 3 is 2.14 bits per heavy atom. The van der Waals surface area contributed by atoms with Crippen LogP contribution in [0, 0.1) is 18.8 Å². The Balaban J connectivity index is 0.000000360. The van der Waals surface area contributed by atoms with Crippen LogP contribution in [-0.2, 0) is 32.7 Å². The van der Waals surface area contributed by atoms with Gasteiger partial charge in [0.15, 0.2) is 0 Å². The molecule has 7 heavy (non-hydrogen) atoms. The SMILES string of the molecule is [CH2-]C1CC1CC.[Y]. The van der Waals surface area contributed by atoms with Gasteiger partial charge in [0.2, 0.25) is 0 Å². The second kappa shape index (κ2) is 3.19. The van der Waals surface area contributed by atoms with Crippen LogP contribution in [0.3, 0.4) is 0 Å². The molecule has 0 saturated heterocycles. The summed E-state index contributed by atoms with van der Waals surface area (Å²) in [5.41, 5.74) is 0. The molecule has 2 atom stereocenters. The van der Waals surface area contributed by atoms with E-state index < -0.39 is 0 Å². The van der Waals surface area contributed by atoms with E-state index in [0.717, 1.165) is 11.8 Å². The van der Waals surface area contributed by atoms with Crippen molar-refractivity contribution in [1.29, 1.82) is 0 Å². The Morgan fingerprint density at radius 2 is 2.14 bits per heavy atom. The number of hydrogen-bond acceptors (Lipinski definition) is 0. The van der Waals surface area contributed by atoms with Crippen LogP contribution < -0.4 is 0 Å². The van der Waals surface area contributed by atoms with Crippen LogP contribution in [0.2, 0.25) is 0 Å². The van der Waals surface area contributed by atoms with Gasteiger partial charge in [0, 0.05) is 32.7 Å². The first-order valence-corrected chi connectivity index (χ1v) is 2.67. The maximum absolute atomic E-state index is 3.90. The molecule has 0 spiro atoms. The molecule has 0 amide bonds. The first kappa shape index (κ1) is 8.10. The summed E-state index contributed by atoms with van der Waals surface area (Å²) in [6.07, 6.45) is 2.73. The molecule has 0 heterocycles. The van der Waals surface area contributed by atoms with Crippen LogP contribution >= 0.6 is 0 Å². The molecule has 0 bridgehead atoms. The molecule has 1 fully saturated rings. The molecule has 0 aliphatic heterocycles. The van der Waals surface area contributed by atoms with Crippen LogP contribution in [0.1, 0.15) is 19.8 Å². The van der Waals surface area contributed by atoms with E-state index in [9.17, 15) is 0 Å². The quantitative estimate of drug-likeness (QED) is 0.529. The molecule has 1 aliphatic carbocycles.